The Labute approximate surface area is 157 Å². The maximum atomic E-state index is 11.5. The number of hydrazone groups is 1. The summed E-state index contributed by atoms with van der Waals surface area (Å²) in [5.41, 5.74) is 7.07. The van der Waals surface area contributed by atoms with Crippen LogP contribution >= 0.6 is 11.8 Å². The molecule has 0 bridgehead atoms. The Morgan fingerprint density at radius 1 is 1.27 bits per heavy atom. The lowest BCUT2D eigenvalue weighted by atomic mass is 10.1. The number of aliphatic imine (C=N–C) groups is 1. The van der Waals surface area contributed by atoms with E-state index in [0.717, 1.165) is 72.7 Å². The Morgan fingerprint density at radius 2 is 2.12 bits per heavy atom. The van der Waals surface area contributed by atoms with Crippen molar-refractivity contribution in [2.75, 3.05) is 57.4 Å². The van der Waals surface area contributed by atoms with Gasteiger partial charge in [-0.3, -0.25) is 20.1 Å². The van der Waals surface area contributed by atoms with Gasteiger partial charge in [-0.2, -0.15) is 5.10 Å². The number of fused-ring (bicyclic) bond motifs is 1. The van der Waals surface area contributed by atoms with Gasteiger partial charge in [0.25, 0.3) is 0 Å². The molecule has 3 aliphatic heterocycles. The number of nitrogens with zero attached hydrogens (tertiary/aromatic N) is 4. The van der Waals surface area contributed by atoms with E-state index >= 15 is 0 Å². The standard InChI is InChI=1S/C18H24N6OS/c1-23-6-8-24(9-7-23)5-4-19-18-22-21-16(12-26-18)13-2-3-14-11-17(25)20-15(14)10-13/h2-3,10H,4-9,11-12H2,1H3,(H,19,22)(H,20,25). The van der Waals surface area contributed by atoms with Crippen molar-refractivity contribution in [1.82, 2.24) is 15.2 Å². The molecule has 0 spiro atoms. The average Bonchev–Trinajstić information content (AvgIpc) is 3.03. The Kier molecular flexibility index (Phi) is 5.23. The number of amidine groups is 1. The van der Waals surface area contributed by atoms with Crippen LogP contribution in [-0.2, 0) is 11.2 Å². The summed E-state index contributed by atoms with van der Waals surface area (Å²) in [5.74, 6) is 0.845. The average molecular weight is 372 g/mol. The van der Waals surface area contributed by atoms with E-state index in [9.17, 15) is 4.79 Å². The predicted molar refractivity (Wildman–Crippen MR) is 107 cm³/mol. The number of anilines is 1. The number of carbonyl (C=O) groups is 1. The molecule has 2 N–H and O–H groups in total. The summed E-state index contributed by atoms with van der Waals surface area (Å²) < 4.78 is 0. The molecule has 0 aliphatic carbocycles. The highest BCUT2D eigenvalue weighted by molar-refractivity contribution is 8.14. The van der Waals surface area contributed by atoms with E-state index in [1.54, 1.807) is 11.8 Å². The van der Waals surface area contributed by atoms with Gasteiger partial charge in [-0.25, -0.2) is 0 Å². The van der Waals surface area contributed by atoms with Gasteiger partial charge >= 0.3 is 0 Å². The van der Waals surface area contributed by atoms with Crippen LogP contribution in [0.3, 0.4) is 0 Å². The van der Waals surface area contributed by atoms with Gasteiger partial charge in [0.15, 0.2) is 5.17 Å². The van der Waals surface area contributed by atoms with Crippen LogP contribution in [-0.4, -0.2) is 78.7 Å². The van der Waals surface area contributed by atoms with E-state index in [1.807, 2.05) is 18.2 Å². The summed E-state index contributed by atoms with van der Waals surface area (Å²) in [4.78, 5) is 20.9. The maximum absolute atomic E-state index is 11.5. The number of nitrogens with one attached hydrogen (secondary N) is 2. The normalized spacial score (nSPS) is 22.7. The molecule has 1 saturated heterocycles. The van der Waals surface area contributed by atoms with Crippen molar-refractivity contribution < 1.29 is 4.79 Å². The molecule has 26 heavy (non-hydrogen) atoms. The smallest absolute Gasteiger partial charge is 0.228 e. The first-order valence-electron chi connectivity index (χ1n) is 9.01. The SMILES string of the molecule is CN1CCN(CCN=C2NN=C(c3ccc4c(c3)NC(=O)C4)CS2)CC1. The Balaban J connectivity index is 1.31. The molecule has 138 valence electrons. The van der Waals surface area contributed by atoms with Gasteiger partial charge in [-0.1, -0.05) is 23.9 Å². The van der Waals surface area contributed by atoms with Crippen LogP contribution in [0, 0.1) is 0 Å². The molecule has 1 aromatic carbocycles. The first-order valence-corrected chi connectivity index (χ1v) is 10.00. The Hall–Kier alpha value is -1.90. The zero-order valence-corrected chi connectivity index (χ0v) is 15.8. The van der Waals surface area contributed by atoms with E-state index in [4.69, 9.17) is 0 Å². The number of likely N-dealkylation sites (N-methyl/N-ethyl adjacent to an activating group) is 1. The summed E-state index contributed by atoms with van der Waals surface area (Å²) in [7, 11) is 2.17. The number of rotatable bonds is 4. The van der Waals surface area contributed by atoms with Crippen LogP contribution in [0.15, 0.2) is 28.3 Å². The van der Waals surface area contributed by atoms with E-state index < -0.39 is 0 Å². The third-order valence-electron chi connectivity index (χ3n) is 4.97. The minimum Gasteiger partial charge on any atom is -0.326 e. The number of thioether (sulfide) groups is 1. The number of benzene rings is 1. The monoisotopic (exact) mass is 372 g/mol. The second-order valence-electron chi connectivity index (χ2n) is 6.89. The molecule has 4 rings (SSSR count). The minimum absolute atomic E-state index is 0.0602. The molecule has 3 heterocycles. The molecule has 1 fully saturated rings. The number of hydrogen-bond acceptors (Lipinski definition) is 6. The van der Waals surface area contributed by atoms with Crippen molar-refractivity contribution in [3.63, 3.8) is 0 Å². The van der Waals surface area contributed by atoms with Crippen LogP contribution in [0.5, 0.6) is 0 Å². The Bertz CT molecular complexity index is 754. The number of carbonyl (C=O) groups excluding carboxylic acids is 1. The van der Waals surface area contributed by atoms with Gasteiger partial charge in [-0.15, -0.1) is 0 Å². The highest BCUT2D eigenvalue weighted by atomic mass is 32.2. The molecule has 0 aromatic heterocycles. The summed E-state index contributed by atoms with van der Waals surface area (Å²) in [6, 6.07) is 6.06. The highest BCUT2D eigenvalue weighted by Gasteiger charge is 2.20. The molecule has 3 aliphatic rings. The summed E-state index contributed by atoms with van der Waals surface area (Å²) in [6.45, 7) is 6.32. The topological polar surface area (TPSA) is 72.3 Å². The fourth-order valence-corrected chi connectivity index (χ4v) is 4.10. The molecule has 0 atom stereocenters. The highest BCUT2D eigenvalue weighted by Crippen LogP contribution is 2.25. The second kappa shape index (κ2) is 7.77. The molecule has 0 unspecified atom stereocenters. The lowest BCUT2D eigenvalue weighted by Gasteiger charge is -2.31. The van der Waals surface area contributed by atoms with Crippen molar-refractivity contribution in [1.29, 1.82) is 0 Å². The number of amides is 1. The summed E-state index contributed by atoms with van der Waals surface area (Å²) in [5, 5.41) is 8.26. The van der Waals surface area contributed by atoms with Crippen molar-refractivity contribution >= 4 is 34.2 Å². The second-order valence-corrected chi connectivity index (χ2v) is 7.85. The molecule has 7 nitrogen and oxygen atoms in total. The lowest BCUT2D eigenvalue weighted by Crippen LogP contribution is -2.45. The van der Waals surface area contributed by atoms with Crippen LogP contribution in [0.2, 0.25) is 0 Å². The molecule has 0 radical (unpaired) electrons. The zero-order chi connectivity index (χ0) is 17.9. The van der Waals surface area contributed by atoms with E-state index in [-0.39, 0.29) is 5.91 Å². The fourth-order valence-electron chi connectivity index (χ4n) is 3.30. The van der Waals surface area contributed by atoms with Crippen molar-refractivity contribution in [2.45, 2.75) is 6.42 Å². The van der Waals surface area contributed by atoms with Gasteiger partial charge in [0.1, 0.15) is 0 Å². The van der Waals surface area contributed by atoms with Crippen molar-refractivity contribution in [2.24, 2.45) is 10.1 Å². The van der Waals surface area contributed by atoms with Gasteiger partial charge in [0, 0.05) is 49.7 Å². The molecule has 8 heteroatoms. The number of piperazine rings is 1. The summed E-state index contributed by atoms with van der Waals surface area (Å²) >= 11 is 1.68. The fraction of sp³-hybridized carbons (Fsp3) is 0.500. The Morgan fingerprint density at radius 3 is 2.88 bits per heavy atom. The maximum Gasteiger partial charge on any atom is 0.228 e. The largest absolute Gasteiger partial charge is 0.326 e. The van der Waals surface area contributed by atoms with Gasteiger partial charge < -0.3 is 10.2 Å². The quantitative estimate of drug-likeness (QED) is 0.819. The minimum atomic E-state index is 0.0602. The van der Waals surface area contributed by atoms with Gasteiger partial charge in [0.05, 0.1) is 18.7 Å². The first-order chi connectivity index (χ1) is 12.7. The molecule has 1 aromatic rings. The van der Waals surface area contributed by atoms with E-state index in [2.05, 4.69) is 37.7 Å². The third-order valence-corrected chi connectivity index (χ3v) is 5.88. The van der Waals surface area contributed by atoms with Gasteiger partial charge in [0.2, 0.25) is 5.91 Å². The van der Waals surface area contributed by atoms with Crippen LogP contribution < -0.4 is 10.7 Å². The third kappa shape index (κ3) is 4.08. The van der Waals surface area contributed by atoms with Crippen molar-refractivity contribution in [3.05, 3.63) is 29.3 Å². The van der Waals surface area contributed by atoms with Gasteiger partial charge in [-0.05, 0) is 18.7 Å². The lowest BCUT2D eigenvalue weighted by molar-refractivity contribution is -0.115. The van der Waals surface area contributed by atoms with E-state index in [1.165, 1.54) is 0 Å². The predicted octanol–water partition coefficient (Wildman–Crippen LogP) is 0.825. The van der Waals surface area contributed by atoms with Crippen LogP contribution in [0.1, 0.15) is 11.1 Å². The van der Waals surface area contributed by atoms with Crippen LogP contribution in [0.25, 0.3) is 0 Å². The number of hydrogen-bond donors (Lipinski definition) is 2. The summed E-state index contributed by atoms with van der Waals surface area (Å²) in [6.07, 6.45) is 0.471. The van der Waals surface area contributed by atoms with Crippen LogP contribution in [0.4, 0.5) is 5.69 Å². The molecule has 1 amide bonds. The molecular weight excluding hydrogens is 348 g/mol. The first kappa shape index (κ1) is 17.5. The molecular formula is C18H24N6OS. The molecule has 0 saturated carbocycles. The van der Waals surface area contributed by atoms with E-state index in [0.29, 0.717) is 6.42 Å². The zero-order valence-electron chi connectivity index (χ0n) is 15.0. The van der Waals surface area contributed by atoms with Crippen molar-refractivity contribution in [3.8, 4) is 0 Å².